The Balaban J connectivity index is 0.966. The SMILES string of the molecule is NC(=O)c1ccccc1Nc1nc(Nc2ccc(C(=O)NCCCCNc3cccc4c3C(=O)N(C3CCC(=O)NC3=O)C4=O)cc2)ncc1Br. The van der Waals surface area contributed by atoms with Crippen molar-refractivity contribution in [1.29, 1.82) is 0 Å². The van der Waals surface area contributed by atoms with Crippen LogP contribution in [0.15, 0.2) is 77.4 Å². The molecule has 0 radical (unpaired) electrons. The first kappa shape index (κ1) is 34.7. The molecule has 0 bridgehead atoms. The maximum atomic E-state index is 13.3. The fourth-order valence-electron chi connectivity index (χ4n) is 5.72. The van der Waals surface area contributed by atoms with Gasteiger partial charge in [0, 0.05) is 42.6 Å². The summed E-state index contributed by atoms with van der Waals surface area (Å²) in [6.07, 6.45) is 3.00. The molecule has 6 rings (SSSR count). The van der Waals surface area contributed by atoms with E-state index < -0.39 is 35.6 Å². The summed E-state index contributed by atoms with van der Waals surface area (Å²) in [4.78, 5) is 84.5. The highest BCUT2D eigenvalue weighted by Gasteiger charge is 2.45. The lowest BCUT2D eigenvalue weighted by Crippen LogP contribution is -2.54. The second kappa shape index (κ2) is 15.2. The van der Waals surface area contributed by atoms with Crippen LogP contribution in [0.25, 0.3) is 0 Å². The summed E-state index contributed by atoms with van der Waals surface area (Å²) in [5, 5.41) is 14.5. The van der Waals surface area contributed by atoms with Crippen molar-refractivity contribution in [3.63, 3.8) is 0 Å². The third-order valence-electron chi connectivity index (χ3n) is 8.27. The van der Waals surface area contributed by atoms with Crippen molar-refractivity contribution < 1.29 is 28.8 Å². The average molecular weight is 755 g/mol. The monoisotopic (exact) mass is 753 g/mol. The first-order valence-corrected chi connectivity index (χ1v) is 16.8. The van der Waals surface area contributed by atoms with Gasteiger partial charge >= 0.3 is 0 Å². The topological polar surface area (TPSA) is 218 Å². The molecule has 0 spiro atoms. The average Bonchev–Trinajstić information content (AvgIpc) is 3.37. The Labute approximate surface area is 299 Å². The van der Waals surface area contributed by atoms with Crippen LogP contribution >= 0.6 is 15.9 Å². The Morgan fingerprint density at radius 2 is 1.65 bits per heavy atom. The number of unbranched alkanes of at least 4 members (excludes halogenated alkanes) is 1. The molecule has 1 fully saturated rings. The highest BCUT2D eigenvalue weighted by atomic mass is 79.9. The summed E-state index contributed by atoms with van der Waals surface area (Å²) < 4.78 is 0.573. The largest absolute Gasteiger partial charge is 0.384 e. The number of rotatable bonds is 13. The predicted octanol–water partition coefficient (Wildman–Crippen LogP) is 3.85. The van der Waals surface area contributed by atoms with Crippen molar-refractivity contribution in [1.82, 2.24) is 25.5 Å². The van der Waals surface area contributed by atoms with E-state index in [4.69, 9.17) is 5.73 Å². The van der Waals surface area contributed by atoms with E-state index in [0.717, 1.165) is 4.90 Å². The molecule has 1 saturated heterocycles. The van der Waals surface area contributed by atoms with Gasteiger partial charge in [-0.3, -0.25) is 39.0 Å². The molecule has 16 heteroatoms. The number of hydrogen-bond donors (Lipinski definition) is 6. The Morgan fingerprint density at radius 1 is 0.902 bits per heavy atom. The lowest BCUT2D eigenvalue weighted by Gasteiger charge is -2.27. The minimum Gasteiger partial charge on any atom is -0.384 e. The van der Waals surface area contributed by atoms with Crippen molar-refractivity contribution >= 4 is 80.2 Å². The number of imide groups is 2. The molecular formula is C35H32BrN9O6. The lowest BCUT2D eigenvalue weighted by atomic mass is 10.0. The molecule has 2 aliphatic heterocycles. The van der Waals surface area contributed by atoms with Gasteiger partial charge in [-0.1, -0.05) is 18.2 Å². The van der Waals surface area contributed by atoms with E-state index in [0.29, 0.717) is 64.4 Å². The van der Waals surface area contributed by atoms with Crippen molar-refractivity contribution in [2.75, 3.05) is 29.0 Å². The Hall–Kier alpha value is -6.16. The van der Waals surface area contributed by atoms with E-state index in [1.54, 1.807) is 72.9 Å². The number of carbonyl (C=O) groups is 6. The zero-order valence-electron chi connectivity index (χ0n) is 27.0. The molecule has 2 aliphatic rings. The van der Waals surface area contributed by atoms with Gasteiger partial charge in [-0.05, 0) is 83.7 Å². The molecule has 1 aromatic heterocycles. The maximum absolute atomic E-state index is 13.3. The molecule has 0 aliphatic carbocycles. The molecule has 7 N–H and O–H groups in total. The molecule has 0 saturated carbocycles. The number of nitrogens with two attached hydrogens (primary N) is 1. The molecule has 15 nitrogen and oxygen atoms in total. The standard InChI is InChI=1S/C35H32BrN9O6/c36-23-18-40-35(44-30(23)42-24-8-2-1-6-21(24)29(37)47)41-20-12-10-19(11-13-20)31(48)39-17-4-3-16-38-25-9-5-7-22-28(25)34(51)45(33(22)50)26-14-15-27(46)43-32(26)49/h1-2,5-13,18,26,38H,3-4,14-17H2,(H2,37,47)(H,39,48)(H,43,46,49)(H2,40,41,42,44). The maximum Gasteiger partial charge on any atom is 0.264 e. The summed E-state index contributed by atoms with van der Waals surface area (Å²) in [5.41, 5.74) is 8.30. The van der Waals surface area contributed by atoms with Gasteiger partial charge in [0.25, 0.3) is 23.6 Å². The first-order chi connectivity index (χ1) is 24.6. The van der Waals surface area contributed by atoms with Crippen LogP contribution in [0.3, 0.4) is 0 Å². The zero-order valence-corrected chi connectivity index (χ0v) is 28.6. The van der Waals surface area contributed by atoms with Crippen molar-refractivity contribution in [2.24, 2.45) is 5.73 Å². The molecule has 4 aromatic rings. The van der Waals surface area contributed by atoms with Gasteiger partial charge in [0.15, 0.2) is 0 Å². The van der Waals surface area contributed by atoms with Gasteiger partial charge in [-0.15, -0.1) is 0 Å². The highest BCUT2D eigenvalue weighted by Crippen LogP contribution is 2.32. The number of halogens is 1. The van der Waals surface area contributed by atoms with Crippen LogP contribution < -0.4 is 32.3 Å². The smallest absolute Gasteiger partial charge is 0.264 e. The van der Waals surface area contributed by atoms with E-state index >= 15 is 0 Å². The quantitative estimate of drug-likeness (QED) is 0.0851. The van der Waals surface area contributed by atoms with Gasteiger partial charge in [-0.2, -0.15) is 4.98 Å². The molecule has 3 aromatic carbocycles. The summed E-state index contributed by atoms with van der Waals surface area (Å²) >= 11 is 3.41. The van der Waals surface area contributed by atoms with E-state index in [-0.39, 0.29) is 35.8 Å². The third kappa shape index (κ3) is 7.70. The van der Waals surface area contributed by atoms with Crippen molar-refractivity contribution in [3.8, 4) is 0 Å². The minimum atomic E-state index is -1.03. The van der Waals surface area contributed by atoms with E-state index in [2.05, 4.69) is 52.5 Å². The number of anilines is 5. The number of aromatic nitrogens is 2. The minimum absolute atomic E-state index is 0.0496. The number of hydrogen-bond acceptors (Lipinski definition) is 11. The van der Waals surface area contributed by atoms with Gasteiger partial charge in [0.2, 0.25) is 17.8 Å². The van der Waals surface area contributed by atoms with Crippen LogP contribution in [0.4, 0.5) is 28.8 Å². The number of fused-ring (bicyclic) bond motifs is 1. The van der Waals surface area contributed by atoms with Crippen LogP contribution in [-0.4, -0.2) is 69.4 Å². The third-order valence-corrected chi connectivity index (χ3v) is 8.85. The molecule has 51 heavy (non-hydrogen) atoms. The second-order valence-corrected chi connectivity index (χ2v) is 12.5. The summed E-state index contributed by atoms with van der Waals surface area (Å²) in [6, 6.07) is 17.5. The highest BCUT2D eigenvalue weighted by molar-refractivity contribution is 9.10. The number of nitrogens with one attached hydrogen (secondary N) is 5. The Kier molecular flexibility index (Phi) is 10.3. The fraction of sp³-hybridized carbons (Fsp3) is 0.200. The van der Waals surface area contributed by atoms with E-state index in [9.17, 15) is 28.8 Å². The van der Waals surface area contributed by atoms with Crippen LogP contribution in [0.2, 0.25) is 0 Å². The number of benzene rings is 3. The molecule has 1 atom stereocenters. The van der Waals surface area contributed by atoms with Gasteiger partial charge in [-0.25, -0.2) is 4.98 Å². The number of primary amides is 1. The Morgan fingerprint density at radius 3 is 2.41 bits per heavy atom. The number of para-hydroxylation sites is 1. The number of carbonyl (C=O) groups excluding carboxylic acids is 6. The second-order valence-electron chi connectivity index (χ2n) is 11.7. The molecular weight excluding hydrogens is 722 g/mol. The molecule has 6 amide bonds. The summed E-state index contributed by atoms with van der Waals surface area (Å²) in [7, 11) is 0. The van der Waals surface area contributed by atoms with Gasteiger partial charge in [0.05, 0.1) is 26.9 Å². The predicted molar refractivity (Wildman–Crippen MR) is 191 cm³/mol. The van der Waals surface area contributed by atoms with Crippen molar-refractivity contribution in [2.45, 2.75) is 31.7 Å². The number of piperidine rings is 1. The molecule has 3 heterocycles. The van der Waals surface area contributed by atoms with Gasteiger partial charge < -0.3 is 27.0 Å². The van der Waals surface area contributed by atoms with Crippen LogP contribution in [0, 0.1) is 0 Å². The zero-order chi connectivity index (χ0) is 36.1. The van der Waals surface area contributed by atoms with Crippen LogP contribution in [0.5, 0.6) is 0 Å². The fourth-order valence-corrected chi connectivity index (χ4v) is 6.01. The van der Waals surface area contributed by atoms with Crippen LogP contribution in [0.1, 0.15) is 67.1 Å². The first-order valence-electron chi connectivity index (χ1n) is 16.0. The van der Waals surface area contributed by atoms with E-state index in [1.165, 1.54) is 0 Å². The van der Waals surface area contributed by atoms with Crippen LogP contribution in [-0.2, 0) is 9.59 Å². The normalized spacial score (nSPS) is 15.2. The number of amides is 6. The summed E-state index contributed by atoms with van der Waals surface area (Å²) in [5.74, 6) is -2.34. The van der Waals surface area contributed by atoms with Crippen molar-refractivity contribution in [3.05, 3.63) is 99.7 Å². The van der Waals surface area contributed by atoms with E-state index in [1.807, 2.05) is 0 Å². The molecule has 1 unspecified atom stereocenters. The molecule has 260 valence electrons. The lowest BCUT2D eigenvalue weighted by molar-refractivity contribution is -0.136. The number of nitrogens with zero attached hydrogens (tertiary/aromatic N) is 3. The van der Waals surface area contributed by atoms with Gasteiger partial charge in [0.1, 0.15) is 11.9 Å². The Bertz CT molecular complexity index is 2060. The summed E-state index contributed by atoms with van der Waals surface area (Å²) in [6.45, 7) is 0.884.